The van der Waals surface area contributed by atoms with Crippen LogP contribution >= 0.6 is 0 Å². The summed E-state index contributed by atoms with van der Waals surface area (Å²) in [6.07, 6.45) is -3.49. The maximum atomic E-state index is 14.8. The van der Waals surface area contributed by atoms with Crippen molar-refractivity contribution in [3.8, 4) is 33.9 Å². The first-order chi connectivity index (χ1) is 21.8. The van der Waals surface area contributed by atoms with Crippen molar-refractivity contribution in [3.05, 3.63) is 102 Å². The van der Waals surface area contributed by atoms with Crippen molar-refractivity contribution < 1.29 is 41.7 Å². The summed E-state index contributed by atoms with van der Waals surface area (Å²) in [5, 5.41) is 13.5. The molecule has 6 rings (SSSR count). The SMILES string of the molecule is C[C@]1(C(N)=O)COc2c1cc(C(O)(CNC(=O)c1ccc(OC3CC3)c(-c3ccccc3)c1)C(F)(F)F)nc2-c1ccc(F)cc1. The molecule has 1 aliphatic heterocycles. The summed E-state index contributed by atoms with van der Waals surface area (Å²) in [5.74, 6) is -1.85. The number of halogens is 4. The Bertz CT molecular complexity index is 1810. The average Bonchev–Trinajstić information content (AvgIpc) is 3.79. The highest BCUT2D eigenvalue weighted by molar-refractivity contribution is 5.96. The van der Waals surface area contributed by atoms with E-state index in [0.29, 0.717) is 11.3 Å². The van der Waals surface area contributed by atoms with Crippen molar-refractivity contribution in [1.29, 1.82) is 0 Å². The first-order valence-corrected chi connectivity index (χ1v) is 14.5. The number of primary amides is 1. The van der Waals surface area contributed by atoms with E-state index >= 15 is 0 Å². The van der Waals surface area contributed by atoms with Crippen LogP contribution in [0.3, 0.4) is 0 Å². The minimum absolute atomic E-state index is 0.0211. The highest BCUT2D eigenvalue weighted by atomic mass is 19.4. The molecule has 1 fully saturated rings. The number of hydrogen-bond acceptors (Lipinski definition) is 6. The summed E-state index contributed by atoms with van der Waals surface area (Å²) in [4.78, 5) is 29.9. The number of amides is 2. The van der Waals surface area contributed by atoms with Crippen molar-refractivity contribution in [2.24, 2.45) is 5.73 Å². The molecule has 2 aliphatic rings. The Labute approximate surface area is 261 Å². The van der Waals surface area contributed by atoms with Gasteiger partial charge in [-0.25, -0.2) is 9.37 Å². The van der Waals surface area contributed by atoms with Gasteiger partial charge in [0.15, 0.2) is 0 Å². The predicted octanol–water partition coefficient (Wildman–Crippen LogP) is 5.41. The van der Waals surface area contributed by atoms with Gasteiger partial charge >= 0.3 is 6.18 Å². The van der Waals surface area contributed by atoms with Crippen molar-refractivity contribution in [1.82, 2.24) is 10.3 Å². The third kappa shape index (κ3) is 5.64. The van der Waals surface area contributed by atoms with Gasteiger partial charge in [0, 0.05) is 22.3 Å². The number of aliphatic hydroxyl groups is 1. The van der Waals surface area contributed by atoms with E-state index in [1.807, 2.05) is 30.3 Å². The molecule has 8 nitrogen and oxygen atoms in total. The van der Waals surface area contributed by atoms with Crippen LogP contribution in [0.15, 0.2) is 78.9 Å². The normalized spacial score (nSPS) is 18.7. The molecule has 4 N–H and O–H groups in total. The summed E-state index contributed by atoms with van der Waals surface area (Å²) < 4.78 is 69.7. The van der Waals surface area contributed by atoms with Gasteiger partial charge in [-0.3, -0.25) is 9.59 Å². The standard InChI is InChI=1S/C34H29F4N3O5/c1-32(31(39)43)18-45-29-25(32)16-27(41-28(29)20-7-10-22(35)11-8-20)33(44,34(36,37)38)17-40-30(42)21-9-14-26(46-23-12-13-23)24(15-21)19-5-3-2-4-6-19/h2-11,14-16,23,44H,12-13,17-18H2,1H3,(H2,39,43)(H,40,42)/t32-,33?/m0/s1. The molecule has 1 aliphatic carbocycles. The lowest BCUT2D eigenvalue weighted by atomic mass is 9.81. The van der Waals surface area contributed by atoms with Crippen molar-refractivity contribution in [3.63, 3.8) is 0 Å². The fourth-order valence-electron chi connectivity index (χ4n) is 5.23. The Morgan fingerprint density at radius 3 is 2.37 bits per heavy atom. The molecule has 0 saturated heterocycles. The smallest absolute Gasteiger partial charge is 0.424 e. The van der Waals surface area contributed by atoms with Crippen LogP contribution in [0.5, 0.6) is 11.5 Å². The number of pyridine rings is 1. The van der Waals surface area contributed by atoms with Gasteiger partial charge < -0.3 is 25.6 Å². The first kappa shape index (κ1) is 31.0. The van der Waals surface area contributed by atoms with E-state index < -0.39 is 47.1 Å². The predicted molar refractivity (Wildman–Crippen MR) is 159 cm³/mol. The van der Waals surface area contributed by atoms with Crippen molar-refractivity contribution in [2.75, 3.05) is 13.2 Å². The lowest BCUT2D eigenvalue weighted by Gasteiger charge is -2.31. The number of nitrogens with two attached hydrogens (primary N) is 1. The number of nitrogens with zero attached hydrogens (tertiary/aromatic N) is 1. The Morgan fingerprint density at radius 1 is 1.04 bits per heavy atom. The third-order valence-corrected chi connectivity index (χ3v) is 8.28. The Kier molecular flexibility index (Phi) is 7.71. The molecule has 46 heavy (non-hydrogen) atoms. The molecular formula is C34H29F4N3O5. The Balaban J connectivity index is 1.38. The number of benzene rings is 3. The lowest BCUT2D eigenvalue weighted by Crippen LogP contribution is -2.51. The maximum Gasteiger partial charge on any atom is 0.424 e. The zero-order chi connectivity index (χ0) is 32.9. The molecule has 1 saturated carbocycles. The molecule has 0 spiro atoms. The van der Waals surface area contributed by atoms with E-state index in [1.165, 1.54) is 31.2 Å². The van der Waals surface area contributed by atoms with Gasteiger partial charge in [0.1, 0.15) is 35.0 Å². The van der Waals surface area contributed by atoms with Crippen LogP contribution in [0.4, 0.5) is 17.6 Å². The molecule has 0 bridgehead atoms. The van der Waals surface area contributed by atoms with E-state index in [9.17, 15) is 32.3 Å². The summed E-state index contributed by atoms with van der Waals surface area (Å²) >= 11 is 0. The van der Waals surface area contributed by atoms with E-state index in [4.69, 9.17) is 15.2 Å². The van der Waals surface area contributed by atoms with Gasteiger partial charge in [-0.15, -0.1) is 0 Å². The number of rotatable bonds is 9. The molecule has 1 unspecified atom stereocenters. The van der Waals surface area contributed by atoms with E-state index in [0.717, 1.165) is 36.6 Å². The zero-order valence-corrected chi connectivity index (χ0v) is 24.5. The van der Waals surface area contributed by atoms with Crippen LogP contribution in [0, 0.1) is 5.82 Å². The highest BCUT2D eigenvalue weighted by Crippen LogP contribution is 2.48. The van der Waals surface area contributed by atoms with Crippen LogP contribution < -0.4 is 20.5 Å². The maximum absolute atomic E-state index is 14.8. The lowest BCUT2D eigenvalue weighted by molar-refractivity contribution is -0.265. The summed E-state index contributed by atoms with van der Waals surface area (Å²) in [5.41, 5.74) is 0.778. The van der Waals surface area contributed by atoms with Gasteiger partial charge in [-0.1, -0.05) is 30.3 Å². The zero-order valence-electron chi connectivity index (χ0n) is 24.5. The Hall–Kier alpha value is -4.97. The first-order valence-electron chi connectivity index (χ1n) is 14.5. The average molecular weight is 636 g/mol. The molecule has 2 amide bonds. The van der Waals surface area contributed by atoms with Crippen LogP contribution in [0.25, 0.3) is 22.4 Å². The van der Waals surface area contributed by atoms with Gasteiger partial charge in [0.05, 0.1) is 18.3 Å². The second-order valence-corrected chi connectivity index (χ2v) is 11.7. The van der Waals surface area contributed by atoms with Crippen LogP contribution in [0.1, 0.15) is 41.4 Å². The number of hydrogen-bond donors (Lipinski definition) is 3. The van der Waals surface area contributed by atoms with Crippen LogP contribution in [-0.4, -0.2) is 47.3 Å². The number of ether oxygens (including phenoxy) is 2. The molecule has 3 aromatic carbocycles. The number of aromatic nitrogens is 1. The summed E-state index contributed by atoms with van der Waals surface area (Å²) in [6.45, 7) is -0.212. The quantitative estimate of drug-likeness (QED) is 0.212. The second kappa shape index (κ2) is 11.4. The van der Waals surface area contributed by atoms with Gasteiger partial charge in [0.2, 0.25) is 11.5 Å². The third-order valence-electron chi connectivity index (χ3n) is 8.28. The minimum Gasteiger partial charge on any atom is -0.490 e. The molecule has 0 radical (unpaired) electrons. The van der Waals surface area contributed by atoms with Gasteiger partial charge in [0.25, 0.3) is 5.91 Å². The number of carbonyl (C=O) groups excluding carboxylic acids is 2. The summed E-state index contributed by atoms with van der Waals surface area (Å²) in [7, 11) is 0. The number of carbonyl (C=O) groups is 2. The fraction of sp³-hybridized carbons (Fsp3) is 0.265. The summed E-state index contributed by atoms with van der Waals surface area (Å²) in [6, 6.07) is 19.3. The van der Waals surface area contributed by atoms with Gasteiger partial charge in [-0.05, 0) is 73.9 Å². The molecule has 4 aromatic rings. The molecule has 12 heteroatoms. The molecule has 1 aromatic heterocycles. The van der Waals surface area contributed by atoms with E-state index in [2.05, 4.69) is 10.3 Å². The van der Waals surface area contributed by atoms with Crippen molar-refractivity contribution >= 4 is 11.8 Å². The highest BCUT2D eigenvalue weighted by Gasteiger charge is 2.57. The molecule has 2 atom stereocenters. The topological polar surface area (TPSA) is 124 Å². The number of fused-ring (bicyclic) bond motifs is 1. The van der Waals surface area contributed by atoms with Crippen LogP contribution in [0.2, 0.25) is 0 Å². The number of nitrogens with one attached hydrogen (secondary N) is 1. The monoisotopic (exact) mass is 635 g/mol. The molecule has 238 valence electrons. The fourth-order valence-corrected chi connectivity index (χ4v) is 5.23. The van der Waals surface area contributed by atoms with E-state index in [1.54, 1.807) is 6.07 Å². The Morgan fingerprint density at radius 2 is 1.74 bits per heavy atom. The second-order valence-electron chi connectivity index (χ2n) is 11.7. The number of alkyl halides is 3. The van der Waals surface area contributed by atoms with Gasteiger partial charge in [-0.2, -0.15) is 13.2 Å². The minimum atomic E-state index is -5.35. The van der Waals surface area contributed by atoms with Crippen LogP contribution in [-0.2, 0) is 15.8 Å². The molecular weight excluding hydrogens is 606 g/mol. The molecule has 2 heterocycles. The van der Waals surface area contributed by atoms with Crippen molar-refractivity contribution in [2.45, 2.75) is 43.1 Å². The van der Waals surface area contributed by atoms with E-state index in [-0.39, 0.29) is 40.8 Å². The largest absolute Gasteiger partial charge is 0.490 e.